The lowest BCUT2D eigenvalue weighted by Gasteiger charge is -2.22. The van der Waals surface area contributed by atoms with Gasteiger partial charge in [-0.05, 0) is 18.8 Å². The van der Waals surface area contributed by atoms with Gasteiger partial charge in [0, 0.05) is 13.6 Å². The van der Waals surface area contributed by atoms with Crippen molar-refractivity contribution < 1.29 is 14.3 Å². The Kier molecular flexibility index (Phi) is 6.77. The van der Waals surface area contributed by atoms with E-state index in [0.29, 0.717) is 18.9 Å². The third kappa shape index (κ3) is 4.64. The van der Waals surface area contributed by atoms with Gasteiger partial charge in [0.1, 0.15) is 5.92 Å². The van der Waals surface area contributed by atoms with Crippen molar-refractivity contribution in [1.82, 2.24) is 4.90 Å². The lowest BCUT2D eigenvalue weighted by atomic mass is 10.0. The minimum Gasteiger partial charge on any atom is -0.468 e. The van der Waals surface area contributed by atoms with Crippen molar-refractivity contribution in [3.05, 3.63) is 0 Å². The van der Waals surface area contributed by atoms with Crippen molar-refractivity contribution in [2.75, 3.05) is 20.7 Å². The molecule has 0 aliphatic carbocycles. The molecule has 0 fully saturated rings. The van der Waals surface area contributed by atoms with Gasteiger partial charge in [-0.15, -0.1) is 0 Å². The summed E-state index contributed by atoms with van der Waals surface area (Å²) >= 11 is 0. The summed E-state index contributed by atoms with van der Waals surface area (Å²) in [5, 5.41) is 0. The third-order valence-corrected chi connectivity index (χ3v) is 2.61. The molecule has 0 aromatic carbocycles. The molecule has 0 spiro atoms. The molecule has 4 heteroatoms. The molecule has 0 aromatic rings. The zero-order valence-corrected chi connectivity index (χ0v) is 10.9. The molecule has 94 valence electrons. The second-order valence-corrected chi connectivity index (χ2v) is 4.43. The highest BCUT2D eigenvalue weighted by molar-refractivity contribution is 5.97. The van der Waals surface area contributed by atoms with Crippen LogP contribution in [0.25, 0.3) is 0 Å². The Morgan fingerprint density at radius 1 is 1.31 bits per heavy atom. The van der Waals surface area contributed by atoms with Crippen molar-refractivity contribution in [2.45, 2.75) is 33.6 Å². The third-order valence-electron chi connectivity index (χ3n) is 2.61. The molecule has 0 heterocycles. The smallest absolute Gasteiger partial charge is 0.318 e. The lowest BCUT2D eigenvalue weighted by Crippen LogP contribution is -2.38. The fraction of sp³-hybridized carbons (Fsp3) is 0.833. The molecule has 0 saturated heterocycles. The van der Waals surface area contributed by atoms with E-state index in [4.69, 9.17) is 0 Å². The Morgan fingerprint density at radius 3 is 2.25 bits per heavy atom. The first-order valence-electron chi connectivity index (χ1n) is 5.76. The molecule has 0 aromatic heterocycles. The Bertz CT molecular complexity index is 238. The molecule has 0 aliphatic rings. The number of carbonyl (C=O) groups excluding carboxylic acids is 2. The molecule has 1 amide bonds. The SMILES string of the molecule is CCC(C(=O)OC)C(=O)N(C)CCC(C)C. The second-order valence-electron chi connectivity index (χ2n) is 4.43. The highest BCUT2D eigenvalue weighted by Gasteiger charge is 2.28. The topological polar surface area (TPSA) is 46.6 Å². The Hall–Kier alpha value is -1.06. The van der Waals surface area contributed by atoms with Crippen LogP contribution in [0.1, 0.15) is 33.6 Å². The van der Waals surface area contributed by atoms with Crippen LogP contribution < -0.4 is 0 Å². The molecule has 0 radical (unpaired) electrons. The molecule has 0 rings (SSSR count). The van der Waals surface area contributed by atoms with Gasteiger partial charge >= 0.3 is 5.97 Å². The number of nitrogens with zero attached hydrogens (tertiary/aromatic N) is 1. The Labute approximate surface area is 98.0 Å². The Balaban J connectivity index is 4.33. The Morgan fingerprint density at radius 2 is 1.88 bits per heavy atom. The highest BCUT2D eigenvalue weighted by atomic mass is 16.5. The maximum Gasteiger partial charge on any atom is 0.318 e. The van der Waals surface area contributed by atoms with Gasteiger partial charge in [-0.2, -0.15) is 0 Å². The van der Waals surface area contributed by atoms with Gasteiger partial charge < -0.3 is 9.64 Å². The van der Waals surface area contributed by atoms with Gasteiger partial charge in [-0.25, -0.2) is 0 Å². The van der Waals surface area contributed by atoms with Crippen LogP contribution in [0.15, 0.2) is 0 Å². The maximum atomic E-state index is 11.9. The van der Waals surface area contributed by atoms with E-state index in [-0.39, 0.29) is 5.91 Å². The van der Waals surface area contributed by atoms with E-state index in [9.17, 15) is 9.59 Å². The standard InChI is InChI=1S/C12H23NO3/c1-6-10(12(15)16-5)11(14)13(4)8-7-9(2)3/h9-10H,6-8H2,1-5H3. The van der Waals surface area contributed by atoms with Crippen molar-refractivity contribution in [3.8, 4) is 0 Å². The van der Waals surface area contributed by atoms with E-state index in [0.717, 1.165) is 6.42 Å². The van der Waals surface area contributed by atoms with Crippen LogP contribution in [0.2, 0.25) is 0 Å². The number of carbonyl (C=O) groups is 2. The highest BCUT2D eigenvalue weighted by Crippen LogP contribution is 2.10. The summed E-state index contributed by atoms with van der Waals surface area (Å²) in [6.45, 7) is 6.71. The zero-order valence-electron chi connectivity index (χ0n) is 10.9. The normalized spacial score (nSPS) is 12.4. The molecule has 4 nitrogen and oxygen atoms in total. The van der Waals surface area contributed by atoms with Crippen LogP contribution in [-0.4, -0.2) is 37.5 Å². The average Bonchev–Trinajstić information content (AvgIpc) is 2.26. The molecule has 0 bridgehead atoms. The van der Waals surface area contributed by atoms with Crippen molar-refractivity contribution in [3.63, 3.8) is 0 Å². The van der Waals surface area contributed by atoms with Crippen LogP contribution in [0, 0.1) is 11.8 Å². The van der Waals surface area contributed by atoms with Gasteiger partial charge in [-0.3, -0.25) is 9.59 Å². The quantitative estimate of drug-likeness (QED) is 0.514. The summed E-state index contributed by atoms with van der Waals surface area (Å²) in [5.41, 5.74) is 0. The molecule has 0 saturated carbocycles. The van der Waals surface area contributed by atoms with Crippen molar-refractivity contribution >= 4 is 11.9 Å². The number of amides is 1. The van der Waals surface area contributed by atoms with Gasteiger partial charge in [0.25, 0.3) is 0 Å². The van der Waals surface area contributed by atoms with Gasteiger partial charge in [0.15, 0.2) is 0 Å². The minimum atomic E-state index is -0.651. The molecule has 0 aliphatic heterocycles. The van der Waals surface area contributed by atoms with E-state index >= 15 is 0 Å². The zero-order chi connectivity index (χ0) is 12.7. The number of hydrogen-bond acceptors (Lipinski definition) is 3. The van der Waals surface area contributed by atoms with Crippen molar-refractivity contribution in [1.29, 1.82) is 0 Å². The van der Waals surface area contributed by atoms with Gasteiger partial charge in [0.2, 0.25) is 5.91 Å². The monoisotopic (exact) mass is 229 g/mol. The first kappa shape index (κ1) is 14.9. The average molecular weight is 229 g/mol. The summed E-state index contributed by atoms with van der Waals surface area (Å²) in [7, 11) is 3.04. The van der Waals surface area contributed by atoms with Crippen LogP contribution in [-0.2, 0) is 14.3 Å². The number of methoxy groups -OCH3 is 1. The summed E-state index contributed by atoms with van der Waals surface area (Å²) in [6.07, 6.45) is 1.43. The summed E-state index contributed by atoms with van der Waals surface area (Å²) in [6, 6.07) is 0. The first-order valence-corrected chi connectivity index (χ1v) is 5.76. The predicted octanol–water partition coefficient (Wildman–Crippen LogP) is 1.69. The summed E-state index contributed by atoms with van der Waals surface area (Å²) in [5.74, 6) is -0.686. The molecular formula is C12H23NO3. The fourth-order valence-electron chi connectivity index (χ4n) is 1.41. The van der Waals surface area contributed by atoms with Crippen LogP contribution in [0.4, 0.5) is 0 Å². The first-order chi connectivity index (χ1) is 7.43. The van der Waals surface area contributed by atoms with E-state index in [1.807, 2.05) is 6.92 Å². The van der Waals surface area contributed by atoms with Crippen LogP contribution in [0.5, 0.6) is 0 Å². The second kappa shape index (κ2) is 7.25. The summed E-state index contributed by atoms with van der Waals surface area (Å²) < 4.78 is 4.61. The lowest BCUT2D eigenvalue weighted by molar-refractivity contribution is -0.153. The molecule has 0 N–H and O–H groups in total. The summed E-state index contributed by atoms with van der Waals surface area (Å²) in [4.78, 5) is 24.9. The maximum absolute atomic E-state index is 11.9. The van der Waals surface area contributed by atoms with Crippen LogP contribution >= 0.6 is 0 Å². The molecular weight excluding hydrogens is 206 g/mol. The number of rotatable bonds is 6. The van der Waals surface area contributed by atoms with Crippen LogP contribution in [0.3, 0.4) is 0 Å². The molecule has 1 atom stereocenters. The molecule has 16 heavy (non-hydrogen) atoms. The molecule has 1 unspecified atom stereocenters. The van der Waals surface area contributed by atoms with E-state index in [1.165, 1.54) is 7.11 Å². The fourth-order valence-corrected chi connectivity index (χ4v) is 1.41. The minimum absolute atomic E-state index is 0.144. The largest absolute Gasteiger partial charge is 0.468 e. The van der Waals surface area contributed by atoms with Gasteiger partial charge in [-0.1, -0.05) is 20.8 Å². The van der Waals surface area contributed by atoms with E-state index in [2.05, 4.69) is 18.6 Å². The number of ether oxygens (including phenoxy) is 1. The predicted molar refractivity (Wildman–Crippen MR) is 62.9 cm³/mol. The van der Waals surface area contributed by atoms with Crippen molar-refractivity contribution in [2.24, 2.45) is 11.8 Å². The van der Waals surface area contributed by atoms with E-state index < -0.39 is 11.9 Å². The number of hydrogen-bond donors (Lipinski definition) is 0. The van der Waals surface area contributed by atoms with Gasteiger partial charge in [0.05, 0.1) is 7.11 Å². The van der Waals surface area contributed by atoms with E-state index in [1.54, 1.807) is 11.9 Å². The number of esters is 1.